The van der Waals surface area contributed by atoms with Crippen molar-refractivity contribution < 1.29 is 24.6 Å². The van der Waals surface area contributed by atoms with E-state index >= 15 is 0 Å². The van der Waals surface area contributed by atoms with E-state index in [0.717, 1.165) is 10.9 Å². The number of carbonyl (C=O) groups is 3. The summed E-state index contributed by atoms with van der Waals surface area (Å²) in [5.74, 6) is -2.92. The molecular weight excluding hydrogens is 276 g/mol. The fourth-order valence-electron chi connectivity index (χ4n) is 1.96. The van der Waals surface area contributed by atoms with E-state index in [1.165, 1.54) is 0 Å². The number of hydrogen-bond donors (Lipinski definition) is 4. The zero-order valence-corrected chi connectivity index (χ0v) is 11.0. The topological polar surface area (TPSA) is 119 Å². The van der Waals surface area contributed by atoms with Crippen LogP contribution in [0.5, 0.6) is 0 Å². The standard InChI is InChI=1S/C14H14N2O5/c17-12(18)4-3-10(14(20)21)16-13(19)9-2-1-8-5-6-15-11(8)7-9/h1-2,5-7,10,15H,3-4H2,(H,16,19)(H,17,18)(H,20,21)/t10-/m0/s1. The second kappa shape index (κ2) is 6.08. The molecule has 0 aliphatic carbocycles. The van der Waals surface area contributed by atoms with Crippen molar-refractivity contribution in [3.8, 4) is 0 Å². The van der Waals surface area contributed by atoms with Crippen molar-refractivity contribution >= 4 is 28.7 Å². The van der Waals surface area contributed by atoms with E-state index in [9.17, 15) is 14.4 Å². The Morgan fingerprint density at radius 2 is 1.95 bits per heavy atom. The highest BCUT2D eigenvalue weighted by atomic mass is 16.4. The zero-order chi connectivity index (χ0) is 15.4. The summed E-state index contributed by atoms with van der Waals surface area (Å²) in [6.07, 6.45) is 1.24. The highest BCUT2D eigenvalue weighted by Gasteiger charge is 2.21. The molecule has 7 heteroatoms. The first-order chi connectivity index (χ1) is 9.97. The van der Waals surface area contributed by atoms with Gasteiger partial charge in [0.2, 0.25) is 0 Å². The third-order valence-electron chi connectivity index (χ3n) is 3.07. The zero-order valence-electron chi connectivity index (χ0n) is 11.0. The van der Waals surface area contributed by atoms with Crippen LogP contribution in [-0.4, -0.2) is 39.1 Å². The molecule has 0 unspecified atom stereocenters. The minimum absolute atomic E-state index is 0.166. The maximum atomic E-state index is 12.0. The summed E-state index contributed by atoms with van der Waals surface area (Å²) in [5, 5.41) is 20.9. The van der Waals surface area contributed by atoms with Crippen molar-refractivity contribution in [3.05, 3.63) is 36.0 Å². The molecule has 2 aromatic rings. The van der Waals surface area contributed by atoms with Crippen LogP contribution in [0.25, 0.3) is 10.9 Å². The van der Waals surface area contributed by atoms with Gasteiger partial charge in [0.25, 0.3) is 5.91 Å². The summed E-state index contributed by atoms with van der Waals surface area (Å²) in [6.45, 7) is 0. The molecule has 21 heavy (non-hydrogen) atoms. The van der Waals surface area contributed by atoms with Crippen LogP contribution in [0.4, 0.5) is 0 Å². The lowest BCUT2D eigenvalue weighted by atomic mass is 10.1. The van der Waals surface area contributed by atoms with E-state index in [-0.39, 0.29) is 12.8 Å². The Kier molecular flexibility index (Phi) is 4.22. The minimum Gasteiger partial charge on any atom is -0.481 e. The number of aromatic nitrogens is 1. The molecule has 2 rings (SSSR count). The van der Waals surface area contributed by atoms with Gasteiger partial charge in [-0.05, 0) is 30.0 Å². The molecule has 0 aliphatic rings. The van der Waals surface area contributed by atoms with Crippen molar-refractivity contribution in [2.75, 3.05) is 0 Å². The van der Waals surface area contributed by atoms with Crippen molar-refractivity contribution in [2.24, 2.45) is 0 Å². The molecule has 0 spiro atoms. The van der Waals surface area contributed by atoms with E-state index in [1.54, 1.807) is 24.4 Å². The van der Waals surface area contributed by atoms with Crippen molar-refractivity contribution in [3.63, 3.8) is 0 Å². The van der Waals surface area contributed by atoms with Gasteiger partial charge < -0.3 is 20.5 Å². The largest absolute Gasteiger partial charge is 0.481 e. The SMILES string of the molecule is O=C(O)CC[C@H](NC(=O)c1ccc2cc[nH]c2c1)C(=O)O. The number of H-pyrrole nitrogens is 1. The number of rotatable bonds is 6. The van der Waals surface area contributed by atoms with Crippen LogP contribution >= 0.6 is 0 Å². The molecule has 0 fully saturated rings. The molecule has 0 aliphatic heterocycles. The van der Waals surface area contributed by atoms with Crippen LogP contribution in [-0.2, 0) is 9.59 Å². The Morgan fingerprint density at radius 3 is 2.62 bits per heavy atom. The summed E-state index contributed by atoms with van der Waals surface area (Å²) in [6, 6.07) is 5.56. The van der Waals surface area contributed by atoms with E-state index < -0.39 is 23.9 Å². The average molecular weight is 290 g/mol. The van der Waals surface area contributed by atoms with E-state index in [2.05, 4.69) is 10.3 Å². The second-order valence-corrected chi connectivity index (χ2v) is 4.58. The summed E-state index contributed by atoms with van der Waals surface area (Å²) < 4.78 is 0. The second-order valence-electron chi connectivity index (χ2n) is 4.58. The van der Waals surface area contributed by atoms with Gasteiger partial charge in [0.1, 0.15) is 6.04 Å². The smallest absolute Gasteiger partial charge is 0.326 e. The predicted octanol–water partition coefficient (Wildman–Crippen LogP) is 1.22. The Labute approximate surface area is 119 Å². The molecule has 0 saturated heterocycles. The molecule has 1 heterocycles. The number of carbonyl (C=O) groups excluding carboxylic acids is 1. The number of carboxylic acids is 2. The van der Waals surface area contributed by atoms with Gasteiger partial charge in [-0.25, -0.2) is 4.79 Å². The van der Waals surface area contributed by atoms with Crippen molar-refractivity contribution in [2.45, 2.75) is 18.9 Å². The van der Waals surface area contributed by atoms with Gasteiger partial charge in [0, 0.05) is 23.7 Å². The number of hydrogen-bond acceptors (Lipinski definition) is 3. The summed E-state index contributed by atoms with van der Waals surface area (Å²) in [7, 11) is 0. The number of fused-ring (bicyclic) bond motifs is 1. The van der Waals surface area contributed by atoms with Crippen LogP contribution in [0.3, 0.4) is 0 Å². The number of aliphatic carboxylic acids is 2. The van der Waals surface area contributed by atoms with Gasteiger partial charge >= 0.3 is 11.9 Å². The third kappa shape index (κ3) is 3.59. The number of nitrogens with one attached hydrogen (secondary N) is 2. The Bertz CT molecular complexity index is 691. The first kappa shape index (κ1) is 14.6. The molecule has 0 saturated carbocycles. The highest BCUT2D eigenvalue weighted by Crippen LogP contribution is 2.14. The minimum atomic E-state index is -1.26. The maximum absolute atomic E-state index is 12.0. The first-order valence-electron chi connectivity index (χ1n) is 6.30. The molecule has 0 bridgehead atoms. The van der Waals surface area contributed by atoms with Crippen LogP contribution in [0, 0.1) is 0 Å². The maximum Gasteiger partial charge on any atom is 0.326 e. The van der Waals surface area contributed by atoms with Crippen molar-refractivity contribution in [1.82, 2.24) is 10.3 Å². The molecule has 7 nitrogen and oxygen atoms in total. The molecular formula is C14H14N2O5. The normalized spacial score (nSPS) is 12.0. The third-order valence-corrected chi connectivity index (χ3v) is 3.07. The van der Waals surface area contributed by atoms with Gasteiger partial charge in [-0.1, -0.05) is 6.07 Å². The molecule has 1 atom stereocenters. The van der Waals surface area contributed by atoms with Crippen molar-refractivity contribution in [1.29, 1.82) is 0 Å². The fourth-order valence-corrected chi connectivity index (χ4v) is 1.96. The van der Waals surface area contributed by atoms with Crippen LogP contribution in [0.2, 0.25) is 0 Å². The van der Waals surface area contributed by atoms with Crippen LogP contribution < -0.4 is 5.32 Å². The number of carboxylic acid groups (broad SMARTS) is 2. The molecule has 1 aromatic carbocycles. The first-order valence-corrected chi connectivity index (χ1v) is 6.30. The highest BCUT2D eigenvalue weighted by molar-refractivity contribution is 5.99. The number of aromatic amines is 1. The van der Waals surface area contributed by atoms with Gasteiger partial charge in [-0.15, -0.1) is 0 Å². The summed E-state index contributed by atoms with van der Waals surface area (Å²) in [4.78, 5) is 36.5. The van der Waals surface area contributed by atoms with E-state index in [4.69, 9.17) is 10.2 Å². The average Bonchev–Trinajstić information content (AvgIpc) is 2.89. The molecule has 1 amide bonds. The van der Waals surface area contributed by atoms with E-state index in [0.29, 0.717) is 5.56 Å². The van der Waals surface area contributed by atoms with Gasteiger partial charge in [0.05, 0.1) is 0 Å². The molecule has 4 N–H and O–H groups in total. The number of amides is 1. The van der Waals surface area contributed by atoms with Gasteiger partial charge in [-0.2, -0.15) is 0 Å². The Morgan fingerprint density at radius 1 is 1.19 bits per heavy atom. The molecule has 1 aromatic heterocycles. The molecule has 0 radical (unpaired) electrons. The van der Waals surface area contributed by atoms with Crippen LogP contribution in [0.1, 0.15) is 23.2 Å². The van der Waals surface area contributed by atoms with Gasteiger partial charge in [-0.3, -0.25) is 9.59 Å². The lowest BCUT2D eigenvalue weighted by Gasteiger charge is -2.13. The lowest BCUT2D eigenvalue weighted by Crippen LogP contribution is -2.41. The van der Waals surface area contributed by atoms with E-state index in [1.807, 2.05) is 6.07 Å². The summed E-state index contributed by atoms with van der Waals surface area (Å²) in [5.41, 5.74) is 1.08. The number of benzene rings is 1. The Balaban J connectivity index is 2.10. The quantitative estimate of drug-likeness (QED) is 0.637. The predicted molar refractivity (Wildman–Crippen MR) is 74.1 cm³/mol. The van der Waals surface area contributed by atoms with Gasteiger partial charge in [0.15, 0.2) is 0 Å². The van der Waals surface area contributed by atoms with Crippen LogP contribution in [0.15, 0.2) is 30.5 Å². The summed E-state index contributed by atoms with van der Waals surface area (Å²) >= 11 is 0. The fraction of sp³-hybridized carbons (Fsp3) is 0.214. The molecule has 110 valence electrons. The Hall–Kier alpha value is -2.83. The lowest BCUT2D eigenvalue weighted by molar-refractivity contribution is -0.140. The monoisotopic (exact) mass is 290 g/mol.